The molecule has 0 saturated heterocycles. The van der Waals surface area contributed by atoms with Gasteiger partial charge in [0.25, 0.3) is 0 Å². The summed E-state index contributed by atoms with van der Waals surface area (Å²) in [5.74, 6) is 1.22. The minimum Gasteiger partial charge on any atom is -0.495 e. The molecule has 148 valence electrons. The largest absolute Gasteiger partial charge is 0.495 e. The van der Waals surface area contributed by atoms with Crippen molar-refractivity contribution in [1.82, 2.24) is 14.9 Å². The van der Waals surface area contributed by atoms with Crippen LogP contribution in [0.3, 0.4) is 0 Å². The molecule has 27 heavy (non-hydrogen) atoms. The molecule has 0 atom stereocenters. The van der Waals surface area contributed by atoms with Crippen LogP contribution in [-0.2, 0) is 17.9 Å². The number of pyridine rings is 1. The molecule has 0 unspecified atom stereocenters. The summed E-state index contributed by atoms with van der Waals surface area (Å²) in [4.78, 5) is 21.2. The third kappa shape index (κ3) is 6.69. The number of nitrogens with one attached hydrogen (secondary N) is 1. The number of hydrogen-bond donors (Lipinski definition) is 2. The molecule has 0 saturated carbocycles. The van der Waals surface area contributed by atoms with Crippen LogP contribution in [-0.4, -0.2) is 40.0 Å². The van der Waals surface area contributed by atoms with Crippen molar-refractivity contribution in [1.29, 1.82) is 0 Å². The van der Waals surface area contributed by atoms with Crippen molar-refractivity contribution in [2.45, 2.75) is 45.9 Å². The van der Waals surface area contributed by atoms with E-state index in [2.05, 4.69) is 15.3 Å². The van der Waals surface area contributed by atoms with E-state index >= 15 is 0 Å². The van der Waals surface area contributed by atoms with Gasteiger partial charge in [0.05, 0.1) is 25.6 Å². The van der Waals surface area contributed by atoms with E-state index in [1.807, 2.05) is 30.7 Å². The van der Waals surface area contributed by atoms with Gasteiger partial charge in [0.1, 0.15) is 11.4 Å². The van der Waals surface area contributed by atoms with Gasteiger partial charge < -0.3 is 24.5 Å². The molecule has 0 aliphatic carbocycles. The minimum atomic E-state index is -0.520. The predicted molar refractivity (Wildman–Crippen MR) is 103 cm³/mol. The van der Waals surface area contributed by atoms with E-state index in [9.17, 15) is 9.90 Å². The standard InChI is InChI=1S/C18H26N4O4S/c1-18(2,3)26-17(24)19-8-5-9-22-13(11-23)12-27-16(22)21-15-7-6-14(25-4)10-20-15/h6-7,10,12,23H,5,8-9,11H2,1-4H3,(H,19,24). The van der Waals surface area contributed by atoms with Gasteiger partial charge in [0, 0.05) is 18.5 Å². The van der Waals surface area contributed by atoms with Crippen molar-refractivity contribution < 1.29 is 19.4 Å². The molecule has 8 nitrogen and oxygen atoms in total. The van der Waals surface area contributed by atoms with Crippen LogP contribution in [0.5, 0.6) is 5.75 Å². The molecule has 2 aromatic rings. The van der Waals surface area contributed by atoms with Crippen LogP contribution >= 0.6 is 11.3 Å². The lowest BCUT2D eigenvalue weighted by molar-refractivity contribution is 0.0526. The summed E-state index contributed by atoms with van der Waals surface area (Å²) in [5, 5.41) is 14.2. The van der Waals surface area contributed by atoms with Crippen LogP contribution in [0.4, 0.5) is 10.6 Å². The van der Waals surface area contributed by atoms with Gasteiger partial charge in [0.2, 0.25) is 0 Å². The molecule has 2 heterocycles. The molecule has 2 aromatic heterocycles. The number of rotatable bonds is 7. The van der Waals surface area contributed by atoms with Gasteiger partial charge in [-0.25, -0.2) is 14.8 Å². The maximum atomic E-state index is 11.7. The fourth-order valence-electron chi connectivity index (χ4n) is 2.22. The fraction of sp³-hybridized carbons (Fsp3) is 0.500. The molecule has 0 radical (unpaired) electrons. The number of ether oxygens (including phenoxy) is 2. The van der Waals surface area contributed by atoms with Crippen molar-refractivity contribution in [2.75, 3.05) is 13.7 Å². The normalized spacial score (nSPS) is 12.1. The van der Waals surface area contributed by atoms with E-state index in [1.54, 1.807) is 25.4 Å². The SMILES string of the molecule is COc1ccc(N=c2scc(CO)n2CCCNC(=O)OC(C)(C)C)nc1. The third-order valence-corrected chi connectivity index (χ3v) is 4.35. The topological polar surface area (TPSA) is 98.0 Å². The Morgan fingerprint density at radius 2 is 2.19 bits per heavy atom. The number of aliphatic hydroxyl groups is 1. The summed E-state index contributed by atoms with van der Waals surface area (Å²) in [6, 6.07) is 3.56. The molecule has 0 spiro atoms. The summed E-state index contributed by atoms with van der Waals surface area (Å²) in [5.41, 5.74) is 0.248. The van der Waals surface area contributed by atoms with E-state index < -0.39 is 11.7 Å². The highest BCUT2D eigenvalue weighted by molar-refractivity contribution is 7.07. The Hall–Kier alpha value is -2.39. The molecular weight excluding hydrogens is 368 g/mol. The zero-order valence-corrected chi connectivity index (χ0v) is 16.9. The summed E-state index contributed by atoms with van der Waals surface area (Å²) >= 11 is 1.43. The quantitative estimate of drug-likeness (QED) is 0.704. The third-order valence-electron chi connectivity index (χ3n) is 3.43. The number of nitrogens with zero attached hydrogens (tertiary/aromatic N) is 3. The highest BCUT2D eigenvalue weighted by Crippen LogP contribution is 2.14. The van der Waals surface area contributed by atoms with Gasteiger partial charge in [0.15, 0.2) is 10.6 Å². The Kier molecular flexibility index (Phi) is 7.37. The number of carbonyl (C=O) groups excluding carboxylic acids is 1. The second kappa shape index (κ2) is 9.52. The maximum absolute atomic E-state index is 11.7. The van der Waals surface area contributed by atoms with E-state index in [0.29, 0.717) is 31.1 Å². The predicted octanol–water partition coefficient (Wildman–Crippen LogP) is 2.59. The molecule has 2 rings (SSSR count). The van der Waals surface area contributed by atoms with Gasteiger partial charge in [-0.15, -0.1) is 11.3 Å². The summed E-state index contributed by atoms with van der Waals surface area (Å²) in [7, 11) is 1.58. The Labute approximate surface area is 162 Å². The van der Waals surface area contributed by atoms with Gasteiger partial charge in [-0.2, -0.15) is 0 Å². The molecule has 9 heteroatoms. The summed E-state index contributed by atoms with van der Waals surface area (Å²) < 4.78 is 12.2. The maximum Gasteiger partial charge on any atom is 0.407 e. The number of hydrogen-bond acceptors (Lipinski definition) is 7. The van der Waals surface area contributed by atoms with Gasteiger partial charge in [-0.05, 0) is 39.3 Å². The highest BCUT2D eigenvalue weighted by Gasteiger charge is 2.15. The monoisotopic (exact) mass is 394 g/mol. The number of aromatic nitrogens is 2. The Bertz CT molecular complexity index is 806. The first-order valence-electron chi connectivity index (χ1n) is 8.62. The lowest BCUT2D eigenvalue weighted by atomic mass is 10.2. The first kappa shape index (κ1) is 20.9. The van der Waals surface area contributed by atoms with E-state index in [0.717, 1.165) is 10.5 Å². The zero-order valence-electron chi connectivity index (χ0n) is 16.1. The van der Waals surface area contributed by atoms with Gasteiger partial charge >= 0.3 is 6.09 Å². The number of methoxy groups -OCH3 is 1. The number of alkyl carbamates (subject to hydrolysis) is 1. The number of thiazole rings is 1. The lowest BCUT2D eigenvalue weighted by Crippen LogP contribution is -2.33. The summed E-state index contributed by atoms with van der Waals surface area (Å²) in [6.45, 7) is 6.45. The second-order valence-corrected chi connectivity index (χ2v) is 7.61. The van der Waals surface area contributed by atoms with Crippen molar-refractivity contribution in [2.24, 2.45) is 4.99 Å². The van der Waals surface area contributed by atoms with Crippen LogP contribution in [0.1, 0.15) is 32.9 Å². The van der Waals surface area contributed by atoms with Crippen molar-refractivity contribution in [3.8, 4) is 5.75 Å². The lowest BCUT2D eigenvalue weighted by Gasteiger charge is -2.19. The average Bonchev–Trinajstić information content (AvgIpc) is 2.99. The smallest absolute Gasteiger partial charge is 0.407 e. The Balaban J connectivity index is 2.02. The molecule has 0 aromatic carbocycles. The van der Waals surface area contributed by atoms with Crippen molar-refractivity contribution in [3.63, 3.8) is 0 Å². The molecule has 0 aliphatic heterocycles. The molecule has 2 N–H and O–H groups in total. The van der Waals surface area contributed by atoms with E-state index in [-0.39, 0.29) is 6.61 Å². The average molecular weight is 394 g/mol. The van der Waals surface area contributed by atoms with Crippen LogP contribution in [0, 0.1) is 0 Å². The molecule has 0 bridgehead atoms. The number of aliphatic hydroxyl groups excluding tert-OH is 1. The minimum absolute atomic E-state index is 0.0818. The Morgan fingerprint density at radius 3 is 2.78 bits per heavy atom. The first-order chi connectivity index (χ1) is 12.8. The van der Waals surface area contributed by atoms with Crippen LogP contribution in [0.2, 0.25) is 0 Å². The number of amides is 1. The zero-order chi connectivity index (χ0) is 19.9. The van der Waals surface area contributed by atoms with Crippen LogP contribution in [0.25, 0.3) is 0 Å². The number of carbonyl (C=O) groups is 1. The van der Waals surface area contributed by atoms with Gasteiger partial charge in [-0.1, -0.05) is 0 Å². The Morgan fingerprint density at radius 1 is 1.41 bits per heavy atom. The van der Waals surface area contributed by atoms with E-state index in [4.69, 9.17) is 9.47 Å². The molecular formula is C18H26N4O4S. The van der Waals surface area contributed by atoms with Gasteiger partial charge in [-0.3, -0.25) is 0 Å². The first-order valence-corrected chi connectivity index (χ1v) is 9.50. The fourth-order valence-corrected chi connectivity index (χ4v) is 3.14. The second-order valence-electron chi connectivity index (χ2n) is 6.77. The molecule has 0 aliphatic rings. The van der Waals surface area contributed by atoms with Crippen molar-refractivity contribution in [3.05, 3.63) is 34.2 Å². The van der Waals surface area contributed by atoms with Crippen LogP contribution < -0.4 is 14.9 Å². The molecule has 1 amide bonds. The highest BCUT2D eigenvalue weighted by atomic mass is 32.1. The molecule has 0 fully saturated rings. The van der Waals surface area contributed by atoms with E-state index in [1.165, 1.54) is 11.3 Å². The van der Waals surface area contributed by atoms with Crippen molar-refractivity contribution >= 4 is 23.2 Å². The van der Waals surface area contributed by atoms with Crippen LogP contribution in [0.15, 0.2) is 28.7 Å². The summed E-state index contributed by atoms with van der Waals surface area (Å²) in [6.07, 6.45) is 1.84.